The van der Waals surface area contributed by atoms with E-state index in [2.05, 4.69) is 34.2 Å². The maximum atomic E-state index is 5.87. The molecule has 0 saturated heterocycles. The first-order valence-electron chi connectivity index (χ1n) is 6.98. The van der Waals surface area contributed by atoms with Crippen molar-refractivity contribution in [2.45, 2.75) is 13.0 Å². The summed E-state index contributed by atoms with van der Waals surface area (Å²) in [7, 11) is 1.94. The fourth-order valence-corrected chi connectivity index (χ4v) is 2.31. The van der Waals surface area contributed by atoms with Gasteiger partial charge in [0.2, 0.25) is 0 Å². The molecule has 0 bridgehead atoms. The third-order valence-electron chi connectivity index (χ3n) is 3.23. The summed E-state index contributed by atoms with van der Waals surface area (Å²) >= 11 is 3.48. The summed E-state index contributed by atoms with van der Waals surface area (Å²) in [5, 5.41) is 3.23. The lowest BCUT2D eigenvalue weighted by molar-refractivity contribution is 0.215. The molecule has 0 spiro atoms. The van der Waals surface area contributed by atoms with Crippen molar-refractivity contribution in [3.63, 3.8) is 0 Å². The maximum Gasteiger partial charge on any atom is 0.125 e. The van der Waals surface area contributed by atoms with E-state index in [-0.39, 0.29) is 6.04 Å². The minimum absolute atomic E-state index is 0.239. The number of ether oxygens (including phenoxy) is 2. The summed E-state index contributed by atoms with van der Waals surface area (Å²) in [6.45, 7) is 3.13. The van der Waals surface area contributed by atoms with E-state index in [0.29, 0.717) is 13.2 Å². The zero-order valence-corrected chi connectivity index (χ0v) is 13.9. The van der Waals surface area contributed by atoms with Gasteiger partial charge in [-0.3, -0.25) is 0 Å². The summed E-state index contributed by atoms with van der Waals surface area (Å²) < 4.78 is 12.5. The van der Waals surface area contributed by atoms with Gasteiger partial charge in [-0.05, 0) is 38.2 Å². The summed E-state index contributed by atoms with van der Waals surface area (Å²) in [6.07, 6.45) is 0. The van der Waals surface area contributed by atoms with Crippen LogP contribution in [0.25, 0.3) is 0 Å². The van der Waals surface area contributed by atoms with Gasteiger partial charge in [0.1, 0.15) is 24.7 Å². The van der Waals surface area contributed by atoms with E-state index < -0.39 is 0 Å². The van der Waals surface area contributed by atoms with Crippen molar-refractivity contribution in [1.82, 2.24) is 5.32 Å². The van der Waals surface area contributed by atoms with E-state index in [1.54, 1.807) is 0 Å². The monoisotopic (exact) mass is 349 g/mol. The lowest BCUT2D eigenvalue weighted by Gasteiger charge is -2.17. The van der Waals surface area contributed by atoms with E-state index in [0.717, 1.165) is 21.5 Å². The maximum absolute atomic E-state index is 5.87. The average Bonchev–Trinajstić information content (AvgIpc) is 2.52. The summed E-state index contributed by atoms with van der Waals surface area (Å²) in [6, 6.07) is 16.1. The van der Waals surface area contributed by atoms with Crippen LogP contribution >= 0.6 is 15.9 Å². The normalized spacial score (nSPS) is 12.0. The van der Waals surface area contributed by atoms with E-state index in [4.69, 9.17) is 9.47 Å². The Balaban J connectivity index is 1.91. The molecule has 0 amide bonds. The van der Waals surface area contributed by atoms with Crippen LogP contribution in [0.15, 0.2) is 53.0 Å². The van der Waals surface area contributed by atoms with Gasteiger partial charge in [0.05, 0.1) is 0 Å². The van der Waals surface area contributed by atoms with Crippen molar-refractivity contribution in [2.24, 2.45) is 0 Å². The van der Waals surface area contributed by atoms with Crippen LogP contribution in [0.5, 0.6) is 11.5 Å². The second kappa shape index (κ2) is 8.05. The molecule has 0 fully saturated rings. The van der Waals surface area contributed by atoms with Gasteiger partial charge in [0.25, 0.3) is 0 Å². The Morgan fingerprint density at radius 1 is 1.05 bits per heavy atom. The molecule has 0 aliphatic carbocycles. The molecule has 0 heterocycles. The predicted molar refractivity (Wildman–Crippen MR) is 89.0 cm³/mol. The number of hydrogen-bond acceptors (Lipinski definition) is 3. The fourth-order valence-electron chi connectivity index (χ4n) is 1.97. The molecule has 1 atom stereocenters. The molecule has 2 rings (SSSR count). The lowest BCUT2D eigenvalue weighted by atomic mass is 10.1. The first-order chi connectivity index (χ1) is 10.2. The third-order valence-corrected chi connectivity index (χ3v) is 3.72. The second-order valence-corrected chi connectivity index (χ2v) is 5.62. The molecule has 3 nitrogen and oxygen atoms in total. The van der Waals surface area contributed by atoms with Gasteiger partial charge in [-0.2, -0.15) is 0 Å². The highest BCUT2D eigenvalue weighted by atomic mass is 79.9. The Morgan fingerprint density at radius 3 is 2.48 bits per heavy atom. The summed E-state index contributed by atoms with van der Waals surface area (Å²) in [5.74, 6) is 1.74. The largest absolute Gasteiger partial charge is 0.490 e. The Labute approximate surface area is 134 Å². The number of rotatable bonds is 7. The highest BCUT2D eigenvalue weighted by Crippen LogP contribution is 2.28. The van der Waals surface area contributed by atoms with Crippen LogP contribution in [0.1, 0.15) is 18.5 Å². The molecule has 2 aromatic carbocycles. The zero-order valence-electron chi connectivity index (χ0n) is 12.3. The SMILES string of the molecule is CNC(C)c1ccc(Br)cc1OCCOc1ccccc1. The Bertz CT molecular complexity index is 560. The second-order valence-electron chi connectivity index (χ2n) is 4.70. The fraction of sp³-hybridized carbons (Fsp3) is 0.294. The van der Waals surface area contributed by atoms with Crippen LogP contribution in [0, 0.1) is 0 Å². The molecule has 112 valence electrons. The topological polar surface area (TPSA) is 30.5 Å². The smallest absolute Gasteiger partial charge is 0.125 e. The van der Waals surface area contributed by atoms with Crippen molar-refractivity contribution in [2.75, 3.05) is 20.3 Å². The van der Waals surface area contributed by atoms with Gasteiger partial charge in [-0.1, -0.05) is 40.2 Å². The van der Waals surface area contributed by atoms with Crippen molar-refractivity contribution in [3.05, 3.63) is 58.6 Å². The first-order valence-corrected chi connectivity index (χ1v) is 7.77. The molecule has 1 unspecified atom stereocenters. The van der Waals surface area contributed by atoms with E-state index in [1.807, 2.05) is 49.5 Å². The Kier molecular flexibility index (Phi) is 6.08. The van der Waals surface area contributed by atoms with Crippen LogP contribution in [-0.4, -0.2) is 20.3 Å². The first kappa shape index (κ1) is 15.9. The molecule has 2 aromatic rings. The molecular weight excluding hydrogens is 330 g/mol. The molecule has 0 aliphatic heterocycles. The zero-order chi connectivity index (χ0) is 15.1. The molecule has 0 radical (unpaired) electrons. The van der Waals surface area contributed by atoms with Crippen molar-refractivity contribution < 1.29 is 9.47 Å². The van der Waals surface area contributed by atoms with Gasteiger partial charge in [0, 0.05) is 16.1 Å². The molecular formula is C17H20BrNO2. The molecule has 1 N–H and O–H groups in total. The number of halogens is 1. The predicted octanol–water partition coefficient (Wildman–Crippen LogP) is 4.19. The molecule has 4 heteroatoms. The molecule has 0 saturated carbocycles. The van der Waals surface area contributed by atoms with E-state index >= 15 is 0 Å². The number of para-hydroxylation sites is 1. The van der Waals surface area contributed by atoms with Gasteiger partial charge in [-0.25, -0.2) is 0 Å². The van der Waals surface area contributed by atoms with Crippen LogP contribution in [-0.2, 0) is 0 Å². The van der Waals surface area contributed by atoms with Crippen molar-refractivity contribution in [3.8, 4) is 11.5 Å². The number of benzene rings is 2. The summed E-state index contributed by atoms with van der Waals surface area (Å²) in [5.41, 5.74) is 1.14. The van der Waals surface area contributed by atoms with E-state index in [9.17, 15) is 0 Å². The minimum atomic E-state index is 0.239. The highest BCUT2D eigenvalue weighted by molar-refractivity contribution is 9.10. The number of nitrogens with one attached hydrogen (secondary N) is 1. The van der Waals surface area contributed by atoms with Gasteiger partial charge in [-0.15, -0.1) is 0 Å². The van der Waals surface area contributed by atoms with Crippen LogP contribution in [0.2, 0.25) is 0 Å². The van der Waals surface area contributed by atoms with Gasteiger partial charge >= 0.3 is 0 Å². The summed E-state index contributed by atoms with van der Waals surface area (Å²) in [4.78, 5) is 0. The average molecular weight is 350 g/mol. The molecule has 21 heavy (non-hydrogen) atoms. The van der Waals surface area contributed by atoms with Crippen LogP contribution in [0.4, 0.5) is 0 Å². The quantitative estimate of drug-likeness (QED) is 0.760. The van der Waals surface area contributed by atoms with Crippen LogP contribution in [0.3, 0.4) is 0 Å². The Hall–Kier alpha value is -1.52. The van der Waals surface area contributed by atoms with Crippen molar-refractivity contribution in [1.29, 1.82) is 0 Å². The lowest BCUT2D eigenvalue weighted by Crippen LogP contribution is -2.15. The Morgan fingerprint density at radius 2 is 1.76 bits per heavy atom. The molecule has 0 aliphatic rings. The molecule has 0 aromatic heterocycles. The van der Waals surface area contributed by atoms with Gasteiger partial charge < -0.3 is 14.8 Å². The standard InChI is InChI=1S/C17H20BrNO2/c1-13(19-2)16-9-8-14(18)12-17(16)21-11-10-20-15-6-4-3-5-7-15/h3-9,12-13,19H,10-11H2,1-2H3. The third kappa shape index (κ3) is 4.76. The minimum Gasteiger partial charge on any atom is -0.490 e. The number of hydrogen-bond donors (Lipinski definition) is 1. The van der Waals surface area contributed by atoms with E-state index in [1.165, 1.54) is 0 Å². The van der Waals surface area contributed by atoms with Gasteiger partial charge in [0.15, 0.2) is 0 Å². The van der Waals surface area contributed by atoms with Crippen LogP contribution < -0.4 is 14.8 Å². The highest BCUT2D eigenvalue weighted by Gasteiger charge is 2.10. The van der Waals surface area contributed by atoms with Crippen molar-refractivity contribution >= 4 is 15.9 Å².